The second-order valence-corrected chi connectivity index (χ2v) is 7.35. The molecule has 164 valence electrons. The van der Waals surface area contributed by atoms with Crippen LogP contribution in [0.4, 0.5) is 13.2 Å². The van der Waals surface area contributed by atoms with Gasteiger partial charge in [0, 0.05) is 25.8 Å². The van der Waals surface area contributed by atoms with Gasteiger partial charge in [-0.15, -0.1) is 13.2 Å². The van der Waals surface area contributed by atoms with Gasteiger partial charge in [-0.2, -0.15) is 0 Å². The molecule has 0 radical (unpaired) electrons. The van der Waals surface area contributed by atoms with E-state index in [4.69, 9.17) is 18.7 Å². The highest BCUT2D eigenvalue weighted by Gasteiger charge is 2.42. The summed E-state index contributed by atoms with van der Waals surface area (Å²) in [7, 11) is 0. The van der Waals surface area contributed by atoms with Crippen molar-refractivity contribution in [3.63, 3.8) is 0 Å². The van der Waals surface area contributed by atoms with Gasteiger partial charge in [0.25, 0.3) is 0 Å². The van der Waals surface area contributed by atoms with E-state index >= 15 is 0 Å². The standard InChI is InChI=1S/C20H23F3N2O5/c21-20(22,23)29-15-3-1-2-14(8-15)11-27-12-16-9-17(25-30-16)18-19(28-18)24-10-13-4-6-26-7-5-13/h1-3,8-9,13,18-19,24H,4-7,10-12H2. The van der Waals surface area contributed by atoms with E-state index in [9.17, 15) is 13.2 Å². The number of alkyl halides is 3. The molecule has 2 unspecified atom stereocenters. The molecular formula is C20H23F3N2O5. The Hall–Kier alpha value is -2.14. The van der Waals surface area contributed by atoms with Crippen molar-refractivity contribution in [1.82, 2.24) is 10.5 Å². The molecule has 2 saturated heterocycles. The summed E-state index contributed by atoms with van der Waals surface area (Å²) in [4.78, 5) is 0. The van der Waals surface area contributed by atoms with Crippen molar-refractivity contribution in [2.75, 3.05) is 19.8 Å². The van der Waals surface area contributed by atoms with Crippen molar-refractivity contribution < 1.29 is 36.6 Å². The molecular weight excluding hydrogens is 405 g/mol. The molecule has 0 bridgehead atoms. The number of rotatable bonds is 9. The first-order valence-electron chi connectivity index (χ1n) is 9.81. The number of halogens is 3. The monoisotopic (exact) mass is 428 g/mol. The maximum absolute atomic E-state index is 12.3. The Bertz CT molecular complexity index is 823. The van der Waals surface area contributed by atoms with Crippen LogP contribution < -0.4 is 10.1 Å². The molecule has 1 aromatic heterocycles. The average Bonchev–Trinajstić information content (AvgIpc) is 3.34. The van der Waals surface area contributed by atoms with Crippen LogP contribution in [0, 0.1) is 5.92 Å². The Morgan fingerprint density at radius 3 is 2.77 bits per heavy atom. The maximum atomic E-state index is 12.3. The largest absolute Gasteiger partial charge is 0.573 e. The number of nitrogens with zero attached hydrogens (tertiary/aromatic N) is 1. The van der Waals surface area contributed by atoms with Crippen molar-refractivity contribution in [3.05, 3.63) is 47.3 Å². The third-order valence-electron chi connectivity index (χ3n) is 4.95. The summed E-state index contributed by atoms with van der Waals surface area (Å²) in [5, 5.41) is 7.41. The Balaban J connectivity index is 1.19. The highest BCUT2D eigenvalue weighted by molar-refractivity contribution is 5.28. The molecule has 2 aromatic rings. The highest BCUT2D eigenvalue weighted by Crippen LogP contribution is 2.36. The number of nitrogens with one attached hydrogen (secondary N) is 1. The van der Waals surface area contributed by atoms with Crippen LogP contribution in [0.1, 0.15) is 36.0 Å². The van der Waals surface area contributed by atoms with Crippen LogP contribution in [-0.2, 0) is 27.4 Å². The first kappa shape index (κ1) is 21.1. The molecule has 10 heteroatoms. The van der Waals surface area contributed by atoms with Crippen molar-refractivity contribution in [3.8, 4) is 5.75 Å². The summed E-state index contributed by atoms with van der Waals surface area (Å²) in [6, 6.07) is 7.42. The van der Waals surface area contributed by atoms with Gasteiger partial charge in [-0.3, -0.25) is 5.32 Å². The fourth-order valence-corrected chi connectivity index (χ4v) is 3.36. The van der Waals surface area contributed by atoms with Gasteiger partial charge >= 0.3 is 6.36 Å². The Morgan fingerprint density at radius 2 is 1.97 bits per heavy atom. The van der Waals surface area contributed by atoms with Gasteiger partial charge in [-0.05, 0) is 36.5 Å². The fourth-order valence-electron chi connectivity index (χ4n) is 3.36. The van der Waals surface area contributed by atoms with Gasteiger partial charge < -0.3 is 23.5 Å². The molecule has 0 spiro atoms. The molecule has 2 fully saturated rings. The fraction of sp³-hybridized carbons (Fsp3) is 0.550. The number of epoxide rings is 1. The lowest BCUT2D eigenvalue weighted by atomic mass is 10.0. The predicted molar refractivity (Wildman–Crippen MR) is 97.3 cm³/mol. The maximum Gasteiger partial charge on any atom is 0.573 e. The second kappa shape index (κ2) is 9.34. The molecule has 2 atom stereocenters. The third kappa shape index (κ3) is 6.18. The van der Waals surface area contributed by atoms with Crippen LogP contribution in [-0.4, -0.2) is 37.5 Å². The van der Waals surface area contributed by atoms with E-state index in [-0.39, 0.29) is 31.3 Å². The molecule has 2 aliphatic rings. The van der Waals surface area contributed by atoms with Crippen LogP contribution in [0.3, 0.4) is 0 Å². The number of ether oxygens (including phenoxy) is 4. The lowest BCUT2D eigenvalue weighted by Gasteiger charge is -2.21. The summed E-state index contributed by atoms with van der Waals surface area (Å²) in [6.45, 7) is 2.77. The minimum Gasteiger partial charge on any atom is -0.406 e. The van der Waals surface area contributed by atoms with E-state index < -0.39 is 6.36 Å². The van der Waals surface area contributed by atoms with E-state index in [1.807, 2.05) is 0 Å². The predicted octanol–water partition coefficient (Wildman–Crippen LogP) is 3.70. The van der Waals surface area contributed by atoms with E-state index in [0.29, 0.717) is 22.9 Å². The van der Waals surface area contributed by atoms with Gasteiger partial charge in [0.05, 0.1) is 6.61 Å². The molecule has 7 nitrogen and oxygen atoms in total. The topological polar surface area (TPSA) is 78.3 Å². The average molecular weight is 428 g/mol. The summed E-state index contributed by atoms with van der Waals surface area (Å²) in [5.41, 5.74) is 1.25. The zero-order chi connectivity index (χ0) is 21.0. The quantitative estimate of drug-likeness (QED) is 0.610. The zero-order valence-corrected chi connectivity index (χ0v) is 16.2. The number of aromatic nitrogens is 1. The van der Waals surface area contributed by atoms with Gasteiger partial charge in [0.15, 0.2) is 5.76 Å². The van der Waals surface area contributed by atoms with E-state index in [0.717, 1.165) is 32.6 Å². The highest BCUT2D eigenvalue weighted by atomic mass is 19.4. The summed E-state index contributed by atoms with van der Waals surface area (Å²) >= 11 is 0. The van der Waals surface area contributed by atoms with Crippen LogP contribution >= 0.6 is 0 Å². The SMILES string of the molecule is FC(F)(F)Oc1cccc(COCc2cc(C3OC3NCC3CCOCC3)no2)c1. The summed E-state index contributed by atoms with van der Waals surface area (Å²) < 4.78 is 62.6. The lowest BCUT2D eigenvalue weighted by Crippen LogP contribution is -2.29. The van der Waals surface area contributed by atoms with Crippen LogP contribution in [0.25, 0.3) is 0 Å². The Kier molecular flexibility index (Phi) is 6.57. The van der Waals surface area contributed by atoms with Crippen molar-refractivity contribution in [2.45, 2.75) is 44.7 Å². The molecule has 30 heavy (non-hydrogen) atoms. The number of hydrogen-bond donors (Lipinski definition) is 1. The Morgan fingerprint density at radius 1 is 1.13 bits per heavy atom. The summed E-state index contributed by atoms with van der Waals surface area (Å²) in [6.07, 6.45) is -2.82. The molecule has 2 aliphatic heterocycles. The first-order chi connectivity index (χ1) is 14.5. The second-order valence-electron chi connectivity index (χ2n) is 7.35. The van der Waals surface area contributed by atoms with Crippen LogP contribution in [0.5, 0.6) is 5.75 Å². The molecule has 0 aliphatic carbocycles. The van der Waals surface area contributed by atoms with Gasteiger partial charge in [0.2, 0.25) is 0 Å². The van der Waals surface area contributed by atoms with Crippen LogP contribution in [0.2, 0.25) is 0 Å². The van der Waals surface area contributed by atoms with Gasteiger partial charge in [-0.1, -0.05) is 17.3 Å². The van der Waals surface area contributed by atoms with Gasteiger partial charge in [0.1, 0.15) is 30.4 Å². The molecule has 0 amide bonds. The normalized spacial score (nSPS) is 22.2. The van der Waals surface area contributed by atoms with E-state index in [1.165, 1.54) is 18.2 Å². The molecule has 1 N–H and O–H groups in total. The smallest absolute Gasteiger partial charge is 0.406 e. The third-order valence-corrected chi connectivity index (χ3v) is 4.95. The Labute approximate surface area is 171 Å². The zero-order valence-electron chi connectivity index (χ0n) is 16.2. The van der Waals surface area contributed by atoms with E-state index in [1.54, 1.807) is 12.1 Å². The van der Waals surface area contributed by atoms with Crippen molar-refractivity contribution in [1.29, 1.82) is 0 Å². The van der Waals surface area contributed by atoms with Crippen molar-refractivity contribution >= 4 is 0 Å². The lowest BCUT2D eigenvalue weighted by molar-refractivity contribution is -0.274. The minimum absolute atomic E-state index is 0.0666. The number of benzene rings is 1. The molecule has 4 rings (SSSR count). The summed E-state index contributed by atoms with van der Waals surface area (Å²) in [5.74, 6) is 0.840. The van der Waals surface area contributed by atoms with E-state index in [2.05, 4.69) is 15.2 Å². The minimum atomic E-state index is -4.72. The van der Waals surface area contributed by atoms with Gasteiger partial charge in [-0.25, -0.2) is 0 Å². The molecule has 3 heterocycles. The first-order valence-corrected chi connectivity index (χ1v) is 9.81. The number of hydrogen-bond acceptors (Lipinski definition) is 7. The van der Waals surface area contributed by atoms with Crippen LogP contribution in [0.15, 0.2) is 34.9 Å². The molecule has 0 saturated carbocycles. The molecule has 1 aromatic carbocycles. The van der Waals surface area contributed by atoms with Crippen molar-refractivity contribution in [2.24, 2.45) is 5.92 Å².